The number of aryl methyl sites for hydroxylation is 3. The second-order valence-corrected chi connectivity index (χ2v) is 23.8. The van der Waals surface area contributed by atoms with Crippen LogP contribution < -0.4 is 0 Å². The van der Waals surface area contributed by atoms with E-state index in [2.05, 4.69) is 125 Å². The molecule has 0 spiro atoms. The summed E-state index contributed by atoms with van der Waals surface area (Å²) in [5, 5.41) is 82.5. The van der Waals surface area contributed by atoms with Crippen LogP contribution in [-0.2, 0) is 66.1 Å². The third kappa shape index (κ3) is 22.3. The molecule has 3 aromatic rings. The lowest BCUT2D eigenvalue weighted by Gasteiger charge is -2.28. The van der Waals surface area contributed by atoms with Gasteiger partial charge in [0.2, 0.25) is 0 Å². The summed E-state index contributed by atoms with van der Waals surface area (Å²) in [6.07, 6.45) is 2.36. The minimum absolute atomic E-state index is 0.00694. The fourth-order valence-corrected chi connectivity index (χ4v) is 7.04. The van der Waals surface area contributed by atoms with Crippen LogP contribution in [0.4, 0.5) is 0 Å². The Balaban J connectivity index is 0.000000909. The molecule has 0 aliphatic rings. The molecule has 67 heavy (non-hydrogen) atoms. The molecule has 9 N–H and O–H groups in total. The second-order valence-electron chi connectivity index (χ2n) is 23.8. The molecule has 0 aromatic heterocycles. The summed E-state index contributed by atoms with van der Waals surface area (Å²) >= 11 is 0. The smallest absolute Gasteiger partial charge is 0.303 e. The maximum atomic E-state index is 10.8. The van der Waals surface area contributed by atoms with E-state index < -0.39 is 23.9 Å². The van der Waals surface area contributed by atoms with Crippen LogP contribution in [0.15, 0.2) is 36.4 Å². The van der Waals surface area contributed by atoms with Crippen LogP contribution in [0.25, 0.3) is 0 Å². The number of aromatic hydroxyl groups is 3. The third-order valence-corrected chi connectivity index (χ3v) is 10.8. The Hall–Kier alpha value is -4.65. The Bertz CT molecular complexity index is 1770. The van der Waals surface area contributed by atoms with Gasteiger partial charge in [0, 0.05) is 25.7 Å². The Morgan fingerprint density at radius 3 is 0.627 bits per heavy atom. The average Bonchev–Trinajstić information content (AvgIpc) is 3.10. The van der Waals surface area contributed by atoms with Crippen molar-refractivity contribution in [2.45, 2.75) is 221 Å². The molecule has 0 radical (unpaired) electrons. The number of aliphatic hydroxyl groups is 3. The molecular formula is C55H88O12. The summed E-state index contributed by atoms with van der Waals surface area (Å²) in [6.45, 7) is 38.7. The van der Waals surface area contributed by atoms with Crippen molar-refractivity contribution in [1.82, 2.24) is 0 Å². The summed E-state index contributed by atoms with van der Waals surface area (Å²) in [4.78, 5) is 32.3. The van der Waals surface area contributed by atoms with Gasteiger partial charge in [0.15, 0.2) is 0 Å². The molecule has 0 aliphatic heterocycles. The number of hydrogen-bond acceptors (Lipinski definition) is 9. The number of phenols is 3. The van der Waals surface area contributed by atoms with Crippen molar-refractivity contribution < 1.29 is 60.3 Å². The highest BCUT2D eigenvalue weighted by atomic mass is 16.7. The first-order valence-corrected chi connectivity index (χ1v) is 23.3. The van der Waals surface area contributed by atoms with Crippen molar-refractivity contribution in [2.24, 2.45) is 0 Å². The number of carbonyl (C=O) groups is 3. The molecule has 0 atom stereocenters. The van der Waals surface area contributed by atoms with Gasteiger partial charge in [-0.3, -0.25) is 14.4 Å². The van der Waals surface area contributed by atoms with Crippen LogP contribution in [0.5, 0.6) is 17.2 Å². The number of hydrogen-bond donors (Lipinski definition) is 9. The van der Waals surface area contributed by atoms with E-state index in [0.717, 1.165) is 50.1 Å². The van der Waals surface area contributed by atoms with Gasteiger partial charge in [0.05, 0.1) is 0 Å². The van der Waals surface area contributed by atoms with Gasteiger partial charge >= 0.3 is 17.9 Å². The lowest BCUT2D eigenvalue weighted by Crippen LogP contribution is -2.26. The topological polar surface area (TPSA) is 233 Å². The van der Waals surface area contributed by atoms with Gasteiger partial charge < -0.3 is 46.0 Å². The van der Waals surface area contributed by atoms with Gasteiger partial charge in [-0.2, -0.15) is 0 Å². The zero-order valence-corrected chi connectivity index (χ0v) is 44.4. The van der Waals surface area contributed by atoms with Crippen LogP contribution in [0.2, 0.25) is 0 Å². The highest BCUT2D eigenvalue weighted by molar-refractivity contribution is 5.68. The van der Waals surface area contributed by atoms with Crippen LogP contribution >= 0.6 is 0 Å². The molecule has 0 amide bonds. The molecular weight excluding hydrogens is 853 g/mol. The molecule has 0 saturated heterocycles. The summed E-state index contributed by atoms with van der Waals surface area (Å²) in [5.41, 5.74) is 7.13. The van der Waals surface area contributed by atoms with Crippen molar-refractivity contribution >= 4 is 17.9 Å². The summed E-state index contributed by atoms with van der Waals surface area (Å²) in [7, 11) is 0. The Labute approximate surface area is 402 Å². The predicted molar refractivity (Wildman–Crippen MR) is 269 cm³/mol. The highest BCUT2D eigenvalue weighted by Gasteiger charge is 2.29. The Morgan fingerprint density at radius 2 is 0.537 bits per heavy atom. The fourth-order valence-electron chi connectivity index (χ4n) is 7.04. The van der Waals surface area contributed by atoms with E-state index in [4.69, 9.17) is 30.6 Å². The highest BCUT2D eigenvalue weighted by Crippen LogP contribution is 2.42. The van der Waals surface area contributed by atoms with Crippen molar-refractivity contribution in [3.05, 3.63) is 86.5 Å². The third-order valence-electron chi connectivity index (χ3n) is 10.8. The SMILES string of the molecule is CC(C)(C)c1cc(CCC(=O)O)cc(C(C)(C)C)c1O.CC(C)(C)c1cc(CCC(=O)O)cc(C(C)(C)C)c1O.CC(C)(C)c1cc(CCC(=O)O)cc(C(C)(C)C)c1O.CCCC(O)(O)O. The molecule has 0 heterocycles. The van der Waals surface area contributed by atoms with E-state index in [1.165, 1.54) is 0 Å². The zero-order chi connectivity index (χ0) is 53.1. The van der Waals surface area contributed by atoms with Gasteiger partial charge in [0.1, 0.15) is 17.2 Å². The normalized spacial score (nSPS) is 12.4. The lowest BCUT2D eigenvalue weighted by molar-refractivity contribution is -0.314. The molecule has 3 rings (SSSR count). The quantitative estimate of drug-likeness (QED) is 0.0817. The standard InChI is InChI=1S/3C17H26O3.C4H10O3/c3*1-16(2,3)12-9-11(7-8-14(18)19)10-13(15(12)20)17(4,5)6;1-2-3-4(5,6)7/h3*9-10,20H,7-8H2,1-6H3,(H,18,19);5-7H,2-3H2,1H3. The van der Waals surface area contributed by atoms with Crippen molar-refractivity contribution in [1.29, 1.82) is 0 Å². The predicted octanol–water partition coefficient (Wildman–Crippen LogP) is 11.4. The number of aliphatic carboxylic acids is 3. The van der Waals surface area contributed by atoms with Crippen LogP contribution in [0.3, 0.4) is 0 Å². The average molecular weight is 941 g/mol. The first kappa shape index (κ1) is 62.4. The van der Waals surface area contributed by atoms with Gasteiger partial charge in [0.25, 0.3) is 5.97 Å². The van der Waals surface area contributed by atoms with Gasteiger partial charge in [-0.15, -0.1) is 0 Å². The van der Waals surface area contributed by atoms with Gasteiger partial charge in [-0.05, 0) is 108 Å². The second kappa shape index (κ2) is 24.1. The molecule has 0 saturated carbocycles. The van der Waals surface area contributed by atoms with Gasteiger partial charge in [-0.1, -0.05) is 168 Å². The van der Waals surface area contributed by atoms with Crippen molar-refractivity contribution in [3.63, 3.8) is 0 Å². The molecule has 0 fully saturated rings. The summed E-state index contributed by atoms with van der Waals surface area (Å²) in [5.74, 6) is -3.83. The van der Waals surface area contributed by atoms with E-state index in [-0.39, 0.29) is 58.2 Å². The molecule has 380 valence electrons. The maximum Gasteiger partial charge on any atom is 0.303 e. The van der Waals surface area contributed by atoms with Crippen LogP contribution in [-0.4, -0.2) is 69.8 Å². The number of carboxylic acid groups (broad SMARTS) is 3. The van der Waals surface area contributed by atoms with Crippen molar-refractivity contribution in [2.75, 3.05) is 0 Å². The minimum atomic E-state index is -2.45. The molecule has 12 heteroatoms. The van der Waals surface area contributed by atoms with E-state index in [0.29, 0.717) is 42.9 Å². The van der Waals surface area contributed by atoms with E-state index in [1.807, 2.05) is 36.4 Å². The Morgan fingerprint density at radius 1 is 0.373 bits per heavy atom. The molecule has 12 nitrogen and oxygen atoms in total. The zero-order valence-electron chi connectivity index (χ0n) is 44.4. The molecule has 0 bridgehead atoms. The molecule has 3 aromatic carbocycles. The monoisotopic (exact) mass is 941 g/mol. The Kier molecular flexibility index (Phi) is 22.4. The van der Waals surface area contributed by atoms with E-state index >= 15 is 0 Å². The fraction of sp³-hybridized carbons (Fsp3) is 0.618. The molecule has 0 unspecified atom stereocenters. The number of phenolic OH excluding ortho intramolecular Hbond substituents is 3. The first-order chi connectivity index (χ1) is 29.8. The summed E-state index contributed by atoms with van der Waals surface area (Å²) < 4.78 is 0. The summed E-state index contributed by atoms with van der Waals surface area (Å²) in [6, 6.07) is 11.6. The number of rotatable bonds is 11. The lowest BCUT2D eigenvalue weighted by atomic mass is 9.78. The van der Waals surface area contributed by atoms with Crippen LogP contribution in [0, 0.1) is 0 Å². The minimum Gasteiger partial charge on any atom is -0.507 e. The van der Waals surface area contributed by atoms with E-state index in [1.54, 1.807) is 6.92 Å². The van der Waals surface area contributed by atoms with Gasteiger partial charge in [-0.25, -0.2) is 0 Å². The largest absolute Gasteiger partial charge is 0.507 e. The molecule has 0 aliphatic carbocycles. The van der Waals surface area contributed by atoms with E-state index in [9.17, 15) is 29.7 Å². The number of carboxylic acids is 3. The maximum absolute atomic E-state index is 10.8. The van der Waals surface area contributed by atoms with Crippen molar-refractivity contribution in [3.8, 4) is 17.2 Å². The number of benzene rings is 3. The van der Waals surface area contributed by atoms with Crippen LogP contribution in [0.1, 0.15) is 214 Å². The first-order valence-electron chi connectivity index (χ1n) is 23.3.